The quantitative estimate of drug-likeness (QED) is 0.575. The largest absolute Gasteiger partial charge is 0.497 e. The molecular weight excluding hydrogens is 377 g/mol. The molecule has 0 aromatic heterocycles. The van der Waals surface area contributed by atoms with Crippen LogP contribution in [0.2, 0.25) is 10.0 Å². The number of esters is 1. The minimum Gasteiger partial charge on any atom is -0.497 e. The molecule has 0 aliphatic heterocycles. The van der Waals surface area contributed by atoms with E-state index in [4.69, 9.17) is 32.7 Å². The van der Waals surface area contributed by atoms with Crippen molar-refractivity contribution < 1.29 is 19.1 Å². The number of hydrogen-bond donors (Lipinski definition) is 1. The molecule has 0 saturated carbocycles. The Balaban J connectivity index is 1.91. The summed E-state index contributed by atoms with van der Waals surface area (Å²) >= 11 is 11.9. The zero-order valence-corrected chi connectivity index (χ0v) is 15.7. The molecule has 0 aliphatic rings. The topological polar surface area (TPSA) is 64.6 Å². The van der Waals surface area contributed by atoms with Gasteiger partial charge < -0.3 is 14.8 Å². The SMILES string of the molecule is COc1ccc(C=CC(=O)OC(C)C(=O)Nc2cc(Cl)ccc2Cl)cc1. The number of ether oxygens (including phenoxy) is 2. The minimum absolute atomic E-state index is 0.334. The van der Waals surface area contributed by atoms with Crippen molar-refractivity contribution in [2.75, 3.05) is 12.4 Å². The van der Waals surface area contributed by atoms with E-state index in [9.17, 15) is 9.59 Å². The van der Waals surface area contributed by atoms with Gasteiger partial charge >= 0.3 is 5.97 Å². The Labute approximate surface area is 161 Å². The van der Waals surface area contributed by atoms with Gasteiger partial charge in [0.1, 0.15) is 5.75 Å². The second kappa shape index (κ2) is 9.27. The number of carbonyl (C=O) groups is 2. The molecule has 1 unspecified atom stereocenters. The van der Waals surface area contributed by atoms with Crippen LogP contribution in [-0.4, -0.2) is 25.1 Å². The summed E-state index contributed by atoms with van der Waals surface area (Å²) in [5.41, 5.74) is 1.14. The van der Waals surface area contributed by atoms with E-state index in [2.05, 4.69) is 5.32 Å². The number of amides is 1. The lowest BCUT2D eigenvalue weighted by Crippen LogP contribution is -2.29. The lowest BCUT2D eigenvalue weighted by molar-refractivity contribution is -0.148. The van der Waals surface area contributed by atoms with Crippen molar-refractivity contribution in [3.05, 3.63) is 64.1 Å². The fourth-order valence-electron chi connectivity index (χ4n) is 1.97. The Kier molecular flexibility index (Phi) is 7.06. The van der Waals surface area contributed by atoms with Gasteiger partial charge in [-0.1, -0.05) is 35.3 Å². The monoisotopic (exact) mass is 393 g/mol. The highest BCUT2D eigenvalue weighted by Gasteiger charge is 2.17. The van der Waals surface area contributed by atoms with Crippen molar-refractivity contribution in [2.45, 2.75) is 13.0 Å². The second-order valence-corrected chi connectivity index (χ2v) is 6.14. The maximum Gasteiger partial charge on any atom is 0.331 e. The smallest absolute Gasteiger partial charge is 0.331 e. The first-order chi connectivity index (χ1) is 12.4. The van der Waals surface area contributed by atoms with E-state index in [0.29, 0.717) is 15.7 Å². The van der Waals surface area contributed by atoms with Gasteiger partial charge in [0.2, 0.25) is 0 Å². The van der Waals surface area contributed by atoms with E-state index in [1.54, 1.807) is 49.6 Å². The molecule has 5 nitrogen and oxygen atoms in total. The number of rotatable bonds is 6. The molecule has 1 atom stereocenters. The molecule has 136 valence electrons. The zero-order valence-electron chi connectivity index (χ0n) is 14.2. The van der Waals surface area contributed by atoms with E-state index in [1.165, 1.54) is 19.1 Å². The predicted molar refractivity (Wildman–Crippen MR) is 103 cm³/mol. The Morgan fingerprint density at radius 1 is 1.12 bits per heavy atom. The number of benzene rings is 2. The Morgan fingerprint density at radius 2 is 1.81 bits per heavy atom. The van der Waals surface area contributed by atoms with Crippen molar-refractivity contribution in [3.8, 4) is 5.75 Å². The van der Waals surface area contributed by atoms with Gasteiger partial charge in [0.25, 0.3) is 5.91 Å². The highest BCUT2D eigenvalue weighted by Crippen LogP contribution is 2.25. The fraction of sp³-hybridized carbons (Fsp3) is 0.158. The molecule has 0 heterocycles. The van der Waals surface area contributed by atoms with Crippen molar-refractivity contribution >= 4 is 46.8 Å². The molecule has 0 fully saturated rings. The summed E-state index contributed by atoms with van der Waals surface area (Å²) in [6.07, 6.45) is 1.83. The Bertz CT molecular complexity index is 819. The van der Waals surface area contributed by atoms with Gasteiger partial charge in [-0.3, -0.25) is 4.79 Å². The van der Waals surface area contributed by atoms with E-state index in [-0.39, 0.29) is 0 Å². The first kappa shape index (κ1) is 19.8. The standard InChI is InChI=1S/C19H17Cl2NO4/c1-12(19(24)22-17-11-14(20)6-9-16(17)21)26-18(23)10-5-13-3-7-15(25-2)8-4-13/h3-12H,1-2H3,(H,22,24). The summed E-state index contributed by atoms with van der Waals surface area (Å²) in [5, 5.41) is 3.33. The average molecular weight is 394 g/mol. The molecule has 1 amide bonds. The summed E-state index contributed by atoms with van der Waals surface area (Å²) in [7, 11) is 1.57. The van der Waals surface area contributed by atoms with Crippen LogP contribution < -0.4 is 10.1 Å². The molecule has 0 radical (unpaired) electrons. The molecular formula is C19H17Cl2NO4. The molecule has 0 spiro atoms. The maximum atomic E-state index is 12.1. The minimum atomic E-state index is -1.00. The fourth-order valence-corrected chi connectivity index (χ4v) is 2.31. The summed E-state index contributed by atoms with van der Waals surface area (Å²) in [6, 6.07) is 11.8. The van der Waals surface area contributed by atoms with E-state index < -0.39 is 18.0 Å². The summed E-state index contributed by atoms with van der Waals surface area (Å²) in [5.74, 6) is -0.435. The number of hydrogen-bond acceptors (Lipinski definition) is 4. The van der Waals surface area contributed by atoms with Crippen LogP contribution in [0.1, 0.15) is 12.5 Å². The van der Waals surface area contributed by atoms with Gasteiger partial charge in [-0.2, -0.15) is 0 Å². The molecule has 0 bridgehead atoms. The van der Waals surface area contributed by atoms with Crippen LogP contribution in [0.25, 0.3) is 6.08 Å². The van der Waals surface area contributed by atoms with Gasteiger partial charge in [-0.05, 0) is 48.9 Å². The Morgan fingerprint density at radius 3 is 2.46 bits per heavy atom. The zero-order chi connectivity index (χ0) is 19.1. The molecule has 2 aromatic carbocycles. The molecule has 2 rings (SSSR count). The summed E-state index contributed by atoms with van der Waals surface area (Å²) in [6.45, 7) is 1.47. The normalized spacial score (nSPS) is 11.8. The van der Waals surface area contributed by atoms with Crippen LogP contribution in [0.15, 0.2) is 48.5 Å². The van der Waals surface area contributed by atoms with Gasteiger partial charge in [-0.25, -0.2) is 4.79 Å². The van der Waals surface area contributed by atoms with Crippen LogP contribution in [-0.2, 0) is 14.3 Å². The molecule has 2 aromatic rings. The lowest BCUT2D eigenvalue weighted by atomic mass is 10.2. The number of nitrogens with one attached hydrogen (secondary N) is 1. The number of methoxy groups -OCH3 is 1. The van der Waals surface area contributed by atoms with E-state index >= 15 is 0 Å². The third-order valence-corrected chi connectivity index (χ3v) is 3.94. The van der Waals surface area contributed by atoms with Gasteiger partial charge in [-0.15, -0.1) is 0 Å². The molecule has 0 saturated heterocycles. The highest BCUT2D eigenvalue weighted by atomic mass is 35.5. The molecule has 1 N–H and O–H groups in total. The van der Waals surface area contributed by atoms with Gasteiger partial charge in [0.15, 0.2) is 6.10 Å². The predicted octanol–water partition coefficient (Wildman–Crippen LogP) is 4.59. The highest BCUT2D eigenvalue weighted by molar-refractivity contribution is 6.35. The first-order valence-corrected chi connectivity index (χ1v) is 8.43. The lowest BCUT2D eigenvalue weighted by Gasteiger charge is -2.13. The molecule has 26 heavy (non-hydrogen) atoms. The van der Waals surface area contributed by atoms with Crippen LogP contribution in [0.5, 0.6) is 5.75 Å². The van der Waals surface area contributed by atoms with Crippen LogP contribution in [0.4, 0.5) is 5.69 Å². The van der Waals surface area contributed by atoms with Gasteiger partial charge in [0.05, 0.1) is 17.8 Å². The average Bonchev–Trinajstić information content (AvgIpc) is 2.63. The third-order valence-electron chi connectivity index (χ3n) is 3.38. The maximum absolute atomic E-state index is 12.1. The summed E-state index contributed by atoms with van der Waals surface area (Å²) < 4.78 is 10.1. The second-order valence-electron chi connectivity index (χ2n) is 5.30. The van der Waals surface area contributed by atoms with E-state index in [1.807, 2.05) is 0 Å². The third kappa shape index (κ3) is 5.79. The van der Waals surface area contributed by atoms with Crippen molar-refractivity contribution in [2.24, 2.45) is 0 Å². The van der Waals surface area contributed by atoms with Crippen LogP contribution in [0, 0.1) is 0 Å². The number of anilines is 1. The van der Waals surface area contributed by atoms with Crippen LogP contribution >= 0.6 is 23.2 Å². The first-order valence-electron chi connectivity index (χ1n) is 7.67. The number of halogens is 2. The van der Waals surface area contributed by atoms with Crippen molar-refractivity contribution in [1.29, 1.82) is 0 Å². The number of carbonyl (C=O) groups excluding carboxylic acids is 2. The van der Waals surface area contributed by atoms with E-state index in [0.717, 1.165) is 11.3 Å². The van der Waals surface area contributed by atoms with Crippen molar-refractivity contribution in [1.82, 2.24) is 0 Å². The molecule has 7 heteroatoms. The van der Waals surface area contributed by atoms with Crippen LogP contribution in [0.3, 0.4) is 0 Å². The summed E-state index contributed by atoms with van der Waals surface area (Å²) in [4.78, 5) is 24.0. The van der Waals surface area contributed by atoms with Gasteiger partial charge in [0, 0.05) is 11.1 Å². The molecule has 0 aliphatic carbocycles. The Hall–Kier alpha value is -2.50. The van der Waals surface area contributed by atoms with Crippen molar-refractivity contribution in [3.63, 3.8) is 0 Å².